The lowest BCUT2D eigenvalue weighted by Gasteiger charge is -2.01. The standard InChI is InChI=1S/C16H18N4O2/c1-4-20-14-8-6-5-7-12(14)13(19-20)9-17-16(21)15-10(2)18-11(3)22-15/h5-8H,4,9H2,1-3H3,(H,17,21). The Labute approximate surface area is 128 Å². The molecule has 0 aliphatic rings. The van der Waals surface area contributed by atoms with Gasteiger partial charge in [0.15, 0.2) is 5.89 Å². The fourth-order valence-corrected chi connectivity index (χ4v) is 2.55. The summed E-state index contributed by atoms with van der Waals surface area (Å²) in [5.74, 6) is 0.480. The van der Waals surface area contributed by atoms with Gasteiger partial charge in [-0.3, -0.25) is 9.48 Å². The zero-order valence-electron chi connectivity index (χ0n) is 12.9. The van der Waals surface area contributed by atoms with Crippen molar-refractivity contribution in [2.75, 3.05) is 0 Å². The van der Waals surface area contributed by atoms with Crippen LogP contribution in [0.2, 0.25) is 0 Å². The monoisotopic (exact) mass is 298 g/mol. The van der Waals surface area contributed by atoms with Crippen molar-refractivity contribution < 1.29 is 9.21 Å². The maximum absolute atomic E-state index is 12.2. The summed E-state index contributed by atoms with van der Waals surface area (Å²) in [5.41, 5.74) is 2.51. The van der Waals surface area contributed by atoms with Crippen LogP contribution in [0.5, 0.6) is 0 Å². The Morgan fingerprint density at radius 3 is 2.77 bits per heavy atom. The average Bonchev–Trinajstić information content (AvgIpc) is 3.04. The number of oxazole rings is 1. The van der Waals surface area contributed by atoms with Gasteiger partial charge in [0.2, 0.25) is 5.76 Å². The molecule has 0 fully saturated rings. The highest BCUT2D eigenvalue weighted by Gasteiger charge is 2.17. The highest BCUT2D eigenvalue weighted by atomic mass is 16.4. The van der Waals surface area contributed by atoms with Gasteiger partial charge in [-0.15, -0.1) is 0 Å². The number of hydrogen-bond donors (Lipinski definition) is 1. The largest absolute Gasteiger partial charge is 0.436 e. The maximum atomic E-state index is 12.2. The molecule has 0 atom stereocenters. The zero-order valence-corrected chi connectivity index (χ0v) is 12.9. The molecular weight excluding hydrogens is 280 g/mol. The highest BCUT2D eigenvalue weighted by molar-refractivity contribution is 5.92. The third-order valence-corrected chi connectivity index (χ3v) is 3.56. The molecule has 114 valence electrons. The van der Waals surface area contributed by atoms with E-state index in [1.54, 1.807) is 13.8 Å². The average molecular weight is 298 g/mol. The minimum atomic E-state index is -0.270. The van der Waals surface area contributed by atoms with Gasteiger partial charge in [-0.2, -0.15) is 5.10 Å². The maximum Gasteiger partial charge on any atom is 0.289 e. The molecule has 3 aromatic rings. The lowest BCUT2D eigenvalue weighted by atomic mass is 10.2. The first-order chi connectivity index (χ1) is 10.6. The molecule has 0 bridgehead atoms. The van der Waals surface area contributed by atoms with Crippen molar-refractivity contribution in [2.45, 2.75) is 33.9 Å². The summed E-state index contributed by atoms with van der Waals surface area (Å²) in [6, 6.07) is 8.00. The van der Waals surface area contributed by atoms with Crippen LogP contribution in [-0.2, 0) is 13.1 Å². The fraction of sp³-hybridized carbons (Fsp3) is 0.312. The van der Waals surface area contributed by atoms with Gasteiger partial charge >= 0.3 is 0 Å². The molecule has 0 saturated carbocycles. The quantitative estimate of drug-likeness (QED) is 0.803. The molecule has 0 aliphatic heterocycles. The summed E-state index contributed by atoms with van der Waals surface area (Å²) in [4.78, 5) is 16.3. The van der Waals surface area contributed by atoms with Gasteiger partial charge in [-0.1, -0.05) is 18.2 Å². The van der Waals surface area contributed by atoms with Crippen LogP contribution >= 0.6 is 0 Å². The predicted octanol–water partition coefficient (Wildman–Crippen LogP) is 2.59. The molecule has 0 saturated heterocycles. The van der Waals surface area contributed by atoms with E-state index in [4.69, 9.17) is 4.42 Å². The van der Waals surface area contributed by atoms with E-state index in [0.29, 0.717) is 18.1 Å². The minimum absolute atomic E-state index is 0.261. The van der Waals surface area contributed by atoms with Crippen molar-refractivity contribution in [3.63, 3.8) is 0 Å². The van der Waals surface area contributed by atoms with Crippen LogP contribution in [0.4, 0.5) is 0 Å². The Balaban J connectivity index is 1.82. The van der Waals surface area contributed by atoms with Gasteiger partial charge in [0.1, 0.15) is 0 Å². The summed E-state index contributed by atoms with van der Waals surface area (Å²) in [6.45, 7) is 6.66. The van der Waals surface area contributed by atoms with Crippen molar-refractivity contribution in [1.29, 1.82) is 0 Å². The first kappa shape index (κ1) is 14.3. The van der Waals surface area contributed by atoms with Crippen molar-refractivity contribution >= 4 is 16.8 Å². The first-order valence-corrected chi connectivity index (χ1v) is 7.26. The Kier molecular flexibility index (Phi) is 3.66. The smallest absolute Gasteiger partial charge is 0.289 e. The summed E-state index contributed by atoms with van der Waals surface area (Å²) in [7, 11) is 0. The molecule has 22 heavy (non-hydrogen) atoms. The zero-order chi connectivity index (χ0) is 15.7. The van der Waals surface area contributed by atoms with Crippen molar-refractivity contribution in [3.8, 4) is 0 Å². The first-order valence-electron chi connectivity index (χ1n) is 7.26. The van der Waals surface area contributed by atoms with Crippen molar-refractivity contribution in [3.05, 3.63) is 47.3 Å². The molecule has 0 radical (unpaired) electrons. The summed E-state index contributed by atoms with van der Waals surface area (Å²) >= 11 is 0. The van der Waals surface area contributed by atoms with Gasteiger partial charge < -0.3 is 9.73 Å². The van der Waals surface area contributed by atoms with E-state index in [-0.39, 0.29) is 11.7 Å². The molecule has 2 aromatic heterocycles. The molecule has 1 amide bonds. The van der Waals surface area contributed by atoms with Crippen LogP contribution in [-0.4, -0.2) is 20.7 Å². The molecule has 0 unspecified atom stereocenters. The normalized spacial score (nSPS) is 11.0. The van der Waals surface area contributed by atoms with Crippen LogP contribution in [0.15, 0.2) is 28.7 Å². The molecule has 0 spiro atoms. The second kappa shape index (κ2) is 5.63. The number of hydrogen-bond acceptors (Lipinski definition) is 4. The number of carbonyl (C=O) groups excluding carboxylic acids is 1. The van der Waals surface area contributed by atoms with Gasteiger partial charge in [-0.05, 0) is 19.9 Å². The van der Waals surface area contributed by atoms with E-state index in [9.17, 15) is 4.79 Å². The number of carbonyl (C=O) groups is 1. The molecule has 6 heteroatoms. The predicted molar refractivity (Wildman–Crippen MR) is 82.6 cm³/mol. The van der Waals surface area contributed by atoms with Gasteiger partial charge in [0.25, 0.3) is 5.91 Å². The molecule has 2 heterocycles. The lowest BCUT2D eigenvalue weighted by Crippen LogP contribution is -2.23. The van der Waals surface area contributed by atoms with Gasteiger partial charge in [0, 0.05) is 18.9 Å². The molecule has 6 nitrogen and oxygen atoms in total. The SMILES string of the molecule is CCn1nc(CNC(=O)c2oc(C)nc2C)c2ccccc21. The van der Waals surface area contributed by atoms with Crippen LogP contribution in [0, 0.1) is 13.8 Å². The number of nitrogens with one attached hydrogen (secondary N) is 1. The second-order valence-corrected chi connectivity index (χ2v) is 5.11. The number of fused-ring (bicyclic) bond motifs is 1. The summed E-state index contributed by atoms with van der Waals surface area (Å²) in [5, 5.41) is 8.46. The number of aromatic nitrogens is 3. The Morgan fingerprint density at radius 2 is 2.09 bits per heavy atom. The number of amides is 1. The number of nitrogens with zero attached hydrogens (tertiary/aromatic N) is 3. The number of rotatable bonds is 4. The van der Waals surface area contributed by atoms with E-state index < -0.39 is 0 Å². The molecule has 1 N–H and O–H groups in total. The van der Waals surface area contributed by atoms with Crippen LogP contribution in [0.1, 0.15) is 34.8 Å². The second-order valence-electron chi connectivity index (χ2n) is 5.11. The van der Waals surface area contributed by atoms with Crippen molar-refractivity contribution in [1.82, 2.24) is 20.1 Å². The number of aryl methyl sites for hydroxylation is 3. The Morgan fingerprint density at radius 1 is 1.32 bits per heavy atom. The van der Waals surface area contributed by atoms with E-state index in [1.165, 1.54) is 0 Å². The topological polar surface area (TPSA) is 73.0 Å². The molecule has 0 aliphatic carbocycles. The molecule has 3 rings (SSSR count). The highest BCUT2D eigenvalue weighted by Crippen LogP contribution is 2.18. The molecule has 1 aromatic carbocycles. The third-order valence-electron chi connectivity index (χ3n) is 3.56. The number of benzene rings is 1. The fourth-order valence-electron chi connectivity index (χ4n) is 2.55. The van der Waals surface area contributed by atoms with Crippen LogP contribution < -0.4 is 5.32 Å². The van der Waals surface area contributed by atoms with E-state index in [0.717, 1.165) is 23.1 Å². The Bertz CT molecular complexity index is 832. The van der Waals surface area contributed by atoms with E-state index >= 15 is 0 Å². The number of para-hydroxylation sites is 1. The Hall–Kier alpha value is -2.63. The summed E-state index contributed by atoms with van der Waals surface area (Å²) in [6.07, 6.45) is 0. The van der Waals surface area contributed by atoms with Gasteiger partial charge in [0.05, 0.1) is 23.4 Å². The van der Waals surface area contributed by atoms with E-state index in [2.05, 4.69) is 15.4 Å². The van der Waals surface area contributed by atoms with E-state index in [1.807, 2.05) is 35.9 Å². The van der Waals surface area contributed by atoms with Crippen LogP contribution in [0.3, 0.4) is 0 Å². The van der Waals surface area contributed by atoms with Gasteiger partial charge in [-0.25, -0.2) is 4.98 Å². The minimum Gasteiger partial charge on any atom is -0.436 e. The lowest BCUT2D eigenvalue weighted by molar-refractivity contribution is 0.0920. The summed E-state index contributed by atoms with van der Waals surface area (Å²) < 4.78 is 7.26. The van der Waals surface area contributed by atoms with Crippen molar-refractivity contribution in [2.24, 2.45) is 0 Å². The molecular formula is C16H18N4O2. The third kappa shape index (κ3) is 2.47. The van der Waals surface area contributed by atoms with Crippen LogP contribution in [0.25, 0.3) is 10.9 Å².